The van der Waals surface area contributed by atoms with Gasteiger partial charge in [-0.1, -0.05) is 41.4 Å². The molecule has 1 aromatic carbocycles. The van der Waals surface area contributed by atoms with Crippen molar-refractivity contribution < 1.29 is 4.79 Å². The molecule has 19 heavy (non-hydrogen) atoms. The van der Waals surface area contributed by atoms with Gasteiger partial charge in [0.2, 0.25) is 0 Å². The number of aromatic nitrogens is 1. The molecule has 0 radical (unpaired) electrons. The SMILES string of the molecule is O=C(c1cc(Cl)sc1Cl)c1cccc2ncccc12. The quantitative estimate of drug-likeness (QED) is 0.634. The van der Waals surface area contributed by atoms with Gasteiger partial charge in [0.1, 0.15) is 4.34 Å². The van der Waals surface area contributed by atoms with E-state index in [1.165, 1.54) is 11.3 Å². The van der Waals surface area contributed by atoms with Crippen molar-refractivity contribution in [3.63, 3.8) is 0 Å². The lowest BCUT2D eigenvalue weighted by molar-refractivity contribution is 0.104. The Morgan fingerprint density at radius 1 is 1.11 bits per heavy atom. The van der Waals surface area contributed by atoms with Crippen LogP contribution in [0, 0.1) is 0 Å². The number of benzene rings is 1. The maximum Gasteiger partial charge on any atom is 0.196 e. The Labute approximate surface area is 123 Å². The third-order valence-electron chi connectivity index (χ3n) is 2.79. The van der Waals surface area contributed by atoms with E-state index in [0.717, 1.165) is 10.9 Å². The van der Waals surface area contributed by atoms with E-state index < -0.39 is 0 Å². The summed E-state index contributed by atoms with van der Waals surface area (Å²) in [6.45, 7) is 0. The van der Waals surface area contributed by atoms with Crippen LogP contribution in [0.5, 0.6) is 0 Å². The number of pyridine rings is 1. The first kappa shape index (κ1) is 12.6. The van der Waals surface area contributed by atoms with Crippen LogP contribution in [-0.4, -0.2) is 10.8 Å². The molecule has 0 aliphatic carbocycles. The molecule has 0 amide bonds. The molecule has 2 aromatic heterocycles. The van der Waals surface area contributed by atoms with E-state index >= 15 is 0 Å². The molecule has 0 fully saturated rings. The highest BCUT2D eigenvalue weighted by molar-refractivity contribution is 7.20. The number of ketones is 1. The minimum Gasteiger partial charge on any atom is -0.288 e. The molecule has 0 saturated heterocycles. The highest BCUT2D eigenvalue weighted by atomic mass is 35.5. The monoisotopic (exact) mass is 307 g/mol. The number of hydrogen-bond acceptors (Lipinski definition) is 3. The number of nitrogens with zero attached hydrogens (tertiary/aromatic N) is 1. The van der Waals surface area contributed by atoms with E-state index in [4.69, 9.17) is 23.2 Å². The summed E-state index contributed by atoms with van der Waals surface area (Å²) in [5, 5.41) is 0.813. The normalized spacial score (nSPS) is 10.8. The Bertz CT molecular complexity index is 777. The lowest BCUT2D eigenvalue weighted by atomic mass is 10.0. The number of halogens is 2. The van der Waals surface area contributed by atoms with Crippen LogP contribution in [0.25, 0.3) is 10.9 Å². The van der Waals surface area contributed by atoms with E-state index in [2.05, 4.69) is 4.98 Å². The van der Waals surface area contributed by atoms with Crippen molar-refractivity contribution in [1.82, 2.24) is 4.98 Å². The van der Waals surface area contributed by atoms with Crippen LogP contribution in [0.4, 0.5) is 0 Å². The van der Waals surface area contributed by atoms with Gasteiger partial charge >= 0.3 is 0 Å². The van der Waals surface area contributed by atoms with Gasteiger partial charge in [-0.05, 0) is 18.2 Å². The van der Waals surface area contributed by atoms with Gasteiger partial charge in [-0.2, -0.15) is 0 Å². The highest BCUT2D eigenvalue weighted by Crippen LogP contribution is 2.33. The number of carbonyl (C=O) groups excluding carboxylic acids is 1. The van der Waals surface area contributed by atoms with Crippen molar-refractivity contribution in [3.05, 3.63) is 62.4 Å². The zero-order valence-corrected chi connectivity index (χ0v) is 11.9. The summed E-state index contributed by atoms with van der Waals surface area (Å²) in [6.07, 6.45) is 1.70. The fourth-order valence-corrected chi connectivity index (χ4v) is 3.40. The molecule has 0 saturated carbocycles. The second kappa shape index (κ2) is 4.93. The zero-order chi connectivity index (χ0) is 13.4. The average molecular weight is 308 g/mol. The molecule has 2 heterocycles. The smallest absolute Gasteiger partial charge is 0.196 e. The van der Waals surface area contributed by atoms with E-state index in [0.29, 0.717) is 19.8 Å². The average Bonchev–Trinajstić information content (AvgIpc) is 2.76. The van der Waals surface area contributed by atoms with Crippen LogP contribution in [0.15, 0.2) is 42.6 Å². The molecule has 0 spiro atoms. The fourth-order valence-electron chi connectivity index (χ4n) is 1.94. The molecular weight excluding hydrogens is 301 g/mol. The van der Waals surface area contributed by atoms with Crippen LogP contribution >= 0.6 is 34.5 Å². The van der Waals surface area contributed by atoms with E-state index in [9.17, 15) is 4.79 Å². The number of hydrogen-bond donors (Lipinski definition) is 0. The summed E-state index contributed by atoms with van der Waals surface area (Å²) in [6, 6.07) is 10.7. The summed E-state index contributed by atoms with van der Waals surface area (Å²) in [5.74, 6) is -0.133. The van der Waals surface area contributed by atoms with Crippen LogP contribution in [0.1, 0.15) is 15.9 Å². The molecule has 0 aliphatic heterocycles. The first-order valence-electron chi connectivity index (χ1n) is 5.50. The zero-order valence-electron chi connectivity index (χ0n) is 9.56. The van der Waals surface area contributed by atoms with E-state index in [1.54, 1.807) is 24.4 Å². The van der Waals surface area contributed by atoms with Crippen LogP contribution < -0.4 is 0 Å². The highest BCUT2D eigenvalue weighted by Gasteiger charge is 2.18. The minimum absolute atomic E-state index is 0.133. The number of carbonyl (C=O) groups is 1. The third-order valence-corrected chi connectivity index (χ3v) is 4.28. The minimum atomic E-state index is -0.133. The van der Waals surface area contributed by atoms with Crippen LogP contribution in [0.3, 0.4) is 0 Å². The maximum absolute atomic E-state index is 12.5. The Balaban J connectivity index is 2.19. The molecule has 2 nitrogen and oxygen atoms in total. The second-order valence-corrected chi connectivity index (χ2v) is 6.23. The Morgan fingerprint density at radius 2 is 1.95 bits per heavy atom. The largest absolute Gasteiger partial charge is 0.288 e. The summed E-state index contributed by atoms with van der Waals surface area (Å²) in [4.78, 5) is 16.8. The van der Waals surface area contributed by atoms with Crippen molar-refractivity contribution >= 4 is 51.2 Å². The lowest BCUT2D eigenvalue weighted by Gasteiger charge is -2.04. The Kier molecular flexibility index (Phi) is 3.27. The predicted molar refractivity (Wildman–Crippen MR) is 79.5 cm³/mol. The molecule has 0 aliphatic rings. The van der Waals surface area contributed by atoms with Crippen molar-refractivity contribution in [2.45, 2.75) is 0 Å². The van der Waals surface area contributed by atoms with Gasteiger partial charge in [0.25, 0.3) is 0 Å². The van der Waals surface area contributed by atoms with Crippen LogP contribution in [0.2, 0.25) is 8.67 Å². The molecule has 5 heteroatoms. The molecule has 0 N–H and O–H groups in total. The standard InChI is InChI=1S/C14H7Cl2NOS/c15-12-7-10(14(16)19-12)13(18)9-3-1-5-11-8(9)4-2-6-17-11/h1-7H. The van der Waals surface area contributed by atoms with Gasteiger partial charge < -0.3 is 0 Å². The Morgan fingerprint density at radius 3 is 2.68 bits per heavy atom. The third kappa shape index (κ3) is 2.25. The molecule has 0 bridgehead atoms. The summed E-state index contributed by atoms with van der Waals surface area (Å²) in [5.41, 5.74) is 1.81. The van der Waals surface area contributed by atoms with E-state index in [-0.39, 0.29) is 5.78 Å². The van der Waals surface area contributed by atoms with Crippen molar-refractivity contribution in [3.8, 4) is 0 Å². The molecular formula is C14H7Cl2NOS. The summed E-state index contributed by atoms with van der Waals surface area (Å²) in [7, 11) is 0. The molecule has 3 aromatic rings. The summed E-state index contributed by atoms with van der Waals surface area (Å²) >= 11 is 13.1. The van der Waals surface area contributed by atoms with Gasteiger partial charge in [0.15, 0.2) is 5.78 Å². The first-order chi connectivity index (χ1) is 9.16. The molecule has 94 valence electrons. The van der Waals surface area contributed by atoms with Crippen molar-refractivity contribution in [2.75, 3.05) is 0 Å². The number of thiophene rings is 1. The number of fused-ring (bicyclic) bond motifs is 1. The summed E-state index contributed by atoms with van der Waals surface area (Å²) < 4.78 is 0.919. The van der Waals surface area contributed by atoms with Crippen LogP contribution in [-0.2, 0) is 0 Å². The molecule has 0 atom stereocenters. The van der Waals surface area contributed by atoms with Gasteiger partial charge in [-0.3, -0.25) is 9.78 Å². The molecule has 0 unspecified atom stereocenters. The first-order valence-corrected chi connectivity index (χ1v) is 7.07. The van der Waals surface area contributed by atoms with Gasteiger partial charge in [-0.25, -0.2) is 0 Å². The second-order valence-electron chi connectivity index (χ2n) is 3.94. The fraction of sp³-hybridized carbons (Fsp3) is 0. The van der Waals surface area contributed by atoms with E-state index in [1.807, 2.05) is 18.2 Å². The predicted octanol–water partition coefficient (Wildman–Crippen LogP) is 4.83. The topological polar surface area (TPSA) is 30.0 Å². The Hall–Kier alpha value is -1.42. The molecule has 3 rings (SSSR count). The van der Waals surface area contributed by atoms with Gasteiger partial charge in [0, 0.05) is 17.1 Å². The maximum atomic E-state index is 12.5. The van der Waals surface area contributed by atoms with Gasteiger partial charge in [0.05, 0.1) is 15.4 Å². The van der Waals surface area contributed by atoms with Crippen molar-refractivity contribution in [2.24, 2.45) is 0 Å². The van der Waals surface area contributed by atoms with Gasteiger partial charge in [-0.15, -0.1) is 11.3 Å². The lowest BCUT2D eigenvalue weighted by Crippen LogP contribution is -2.01. The number of rotatable bonds is 2. The van der Waals surface area contributed by atoms with Crippen molar-refractivity contribution in [1.29, 1.82) is 0 Å².